The Balaban J connectivity index is 1.84. The van der Waals surface area contributed by atoms with Crippen LogP contribution in [0.2, 0.25) is 5.02 Å². The predicted molar refractivity (Wildman–Crippen MR) is 94.1 cm³/mol. The fourth-order valence-corrected chi connectivity index (χ4v) is 2.17. The molecule has 0 saturated heterocycles. The van der Waals surface area contributed by atoms with Gasteiger partial charge in [-0.15, -0.1) is 0 Å². The Hall–Kier alpha value is -2.53. The number of hydrogen-bond donors (Lipinski definition) is 2. The fourth-order valence-electron chi connectivity index (χ4n) is 1.97. The van der Waals surface area contributed by atoms with Crippen LogP contribution in [0.1, 0.15) is 19.4 Å². The second-order valence-corrected chi connectivity index (χ2v) is 5.89. The molecule has 0 spiro atoms. The lowest BCUT2D eigenvalue weighted by atomic mass is 10.2. The number of ether oxygens (including phenoxy) is 1. The van der Waals surface area contributed by atoms with E-state index in [0.717, 1.165) is 11.3 Å². The van der Waals surface area contributed by atoms with E-state index in [4.69, 9.17) is 16.3 Å². The summed E-state index contributed by atoms with van der Waals surface area (Å²) in [6.07, 6.45) is 0.103. The number of halogens is 1. The number of nitrogens with one attached hydrogen (secondary N) is 2. The van der Waals surface area contributed by atoms with Crippen LogP contribution in [-0.2, 0) is 16.1 Å². The van der Waals surface area contributed by atoms with Gasteiger partial charge in [-0.25, -0.2) is 0 Å². The smallest absolute Gasteiger partial charge is 0.313 e. The van der Waals surface area contributed by atoms with Crippen molar-refractivity contribution >= 4 is 29.1 Å². The van der Waals surface area contributed by atoms with E-state index in [0.29, 0.717) is 10.7 Å². The number of benzene rings is 2. The van der Waals surface area contributed by atoms with Gasteiger partial charge in [-0.05, 0) is 49.7 Å². The maximum absolute atomic E-state index is 11.8. The molecule has 2 aromatic carbocycles. The molecule has 2 rings (SSSR count). The summed E-state index contributed by atoms with van der Waals surface area (Å²) < 4.78 is 5.55. The lowest BCUT2D eigenvalue weighted by Crippen LogP contribution is -2.34. The molecule has 2 N–H and O–H groups in total. The first-order valence-corrected chi connectivity index (χ1v) is 7.92. The molecule has 2 amide bonds. The summed E-state index contributed by atoms with van der Waals surface area (Å²) in [7, 11) is 0. The van der Waals surface area contributed by atoms with Crippen LogP contribution in [-0.4, -0.2) is 17.9 Å². The Bertz CT molecular complexity index is 714. The first-order valence-electron chi connectivity index (χ1n) is 7.54. The zero-order valence-corrected chi connectivity index (χ0v) is 14.3. The number of carbonyl (C=O) groups excluding carboxylic acids is 2. The standard InChI is InChI=1S/C18H19ClN2O3/c1-12(2)24-16-8-6-13(7-9-16)11-20-17(22)18(23)21-15-5-3-4-14(19)10-15/h3-10,12H,11H2,1-2H3,(H,20,22)(H,21,23). The molecule has 0 bridgehead atoms. The molecule has 0 aliphatic heterocycles. The average Bonchev–Trinajstić information content (AvgIpc) is 2.53. The number of rotatable bonds is 5. The van der Waals surface area contributed by atoms with Crippen LogP contribution in [0.25, 0.3) is 0 Å². The second-order valence-electron chi connectivity index (χ2n) is 5.46. The molecule has 6 heteroatoms. The van der Waals surface area contributed by atoms with Gasteiger partial charge in [0, 0.05) is 17.3 Å². The molecule has 24 heavy (non-hydrogen) atoms. The Morgan fingerprint density at radius 3 is 2.42 bits per heavy atom. The first-order chi connectivity index (χ1) is 11.4. The van der Waals surface area contributed by atoms with Crippen LogP contribution in [0.15, 0.2) is 48.5 Å². The first kappa shape index (κ1) is 17.8. The van der Waals surface area contributed by atoms with Crippen LogP contribution in [0.3, 0.4) is 0 Å². The van der Waals surface area contributed by atoms with E-state index in [1.165, 1.54) is 0 Å². The summed E-state index contributed by atoms with van der Waals surface area (Å²) in [5.74, 6) is -0.687. The summed E-state index contributed by atoms with van der Waals surface area (Å²) in [4.78, 5) is 23.7. The zero-order valence-electron chi connectivity index (χ0n) is 13.5. The van der Waals surface area contributed by atoms with Crippen molar-refractivity contribution in [2.24, 2.45) is 0 Å². The van der Waals surface area contributed by atoms with Crippen molar-refractivity contribution in [3.05, 3.63) is 59.1 Å². The van der Waals surface area contributed by atoms with Gasteiger partial charge in [-0.3, -0.25) is 9.59 Å². The van der Waals surface area contributed by atoms with Crippen molar-refractivity contribution in [1.29, 1.82) is 0 Å². The molecule has 0 aliphatic carbocycles. The van der Waals surface area contributed by atoms with Crippen LogP contribution in [0.5, 0.6) is 5.75 Å². The minimum Gasteiger partial charge on any atom is -0.491 e. The molecule has 0 heterocycles. The largest absolute Gasteiger partial charge is 0.491 e. The number of amides is 2. The van der Waals surface area contributed by atoms with Gasteiger partial charge in [0.05, 0.1) is 6.10 Å². The third-order valence-electron chi connectivity index (χ3n) is 3.04. The number of hydrogen-bond acceptors (Lipinski definition) is 3. The van der Waals surface area contributed by atoms with E-state index in [1.54, 1.807) is 24.3 Å². The molecule has 0 saturated carbocycles. The minimum atomic E-state index is -0.739. The van der Waals surface area contributed by atoms with Gasteiger partial charge in [0.1, 0.15) is 5.75 Å². The quantitative estimate of drug-likeness (QED) is 0.815. The summed E-state index contributed by atoms with van der Waals surface area (Å²) in [5.41, 5.74) is 1.34. The van der Waals surface area contributed by atoms with Gasteiger partial charge in [0.15, 0.2) is 0 Å². The van der Waals surface area contributed by atoms with Crippen LogP contribution >= 0.6 is 11.6 Å². The maximum Gasteiger partial charge on any atom is 0.313 e. The SMILES string of the molecule is CC(C)Oc1ccc(CNC(=O)C(=O)Nc2cccc(Cl)c2)cc1. The van der Waals surface area contributed by atoms with Crippen molar-refractivity contribution in [2.75, 3.05) is 5.32 Å². The van der Waals surface area contributed by atoms with Gasteiger partial charge in [0.2, 0.25) is 0 Å². The highest BCUT2D eigenvalue weighted by Gasteiger charge is 2.13. The normalized spacial score (nSPS) is 10.3. The lowest BCUT2D eigenvalue weighted by Gasteiger charge is -2.10. The van der Waals surface area contributed by atoms with Crippen molar-refractivity contribution in [3.63, 3.8) is 0 Å². The molecular formula is C18H19ClN2O3. The molecule has 0 atom stereocenters. The Labute approximate surface area is 146 Å². The Morgan fingerprint density at radius 2 is 1.79 bits per heavy atom. The summed E-state index contributed by atoms with van der Waals surface area (Å²) in [6, 6.07) is 13.9. The van der Waals surface area contributed by atoms with Crippen molar-refractivity contribution < 1.29 is 14.3 Å². The number of carbonyl (C=O) groups is 2. The van der Waals surface area contributed by atoms with Crippen molar-refractivity contribution in [1.82, 2.24) is 5.32 Å². The van der Waals surface area contributed by atoms with E-state index >= 15 is 0 Å². The maximum atomic E-state index is 11.8. The highest BCUT2D eigenvalue weighted by atomic mass is 35.5. The highest BCUT2D eigenvalue weighted by molar-refractivity contribution is 6.39. The van der Waals surface area contributed by atoms with Crippen molar-refractivity contribution in [3.8, 4) is 5.75 Å². The van der Waals surface area contributed by atoms with E-state index in [2.05, 4.69) is 10.6 Å². The topological polar surface area (TPSA) is 67.4 Å². The Morgan fingerprint density at radius 1 is 1.08 bits per heavy atom. The van der Waals surface area contributed by atoms with E-state index in [9.17, 15) is 9.59 Å². The number of anilines is 1. The van der Waals surface area contributed by atoms with Crippen LogP contribution in [0.4, 0.5) is 5.69 Å². The van der Waals surface area contributed by atoms with Gasteiger partial charge >= 0.3 is 11.8 Å². The molecule has 5 nitrogen and oxygen atoms in total. The molecule has 0 fully saturated rings. The van der Waals surface area contributed by atoms with Crippen LogP contribution in [0, 0.1) is 0 Å². The lowest BCUT2D eigenvalue weighted by molar-refractivity contribution is -0.136. The van der Waals surface area contributed by atoms with Gasteiger partial charge in [-0.1, -0.05) is 29.8 Å². The monoisotopic (exact) mass is 346 g/mol. The summed E-state index contributed by atoms with van der Waals surface area (Å²) >= 11 is 5.83. The van der Waals surface area contributed by atoms with E-state index < -0.39 is 11.8 Å². The molecule has 0 unspecified atom stereocenters. The third kappa shape index (κ3) is 5.59. The molecule has 126 valence electrons. The summed E-state index contributed by atoms with van der Waals surface area (Å²) in [6.45, 7) is 4.16. The second kappa shape index (κ2) is 8.36. The predicted octanol–water partition coefficient (Wildman–Crippen LogP) is 3.38. The molecule has 2 aromatic rings. The molecule has 0 aliphatic rings. The van der Waals surface area contributed by atoms with Crippen LogP contribution < -0.4 is 15.4 Å². The van der Waals surface area contributed by atoms with Gasteiger partial charge < -0.3 is 15.4 Å². The van der Waals surface area contributed by atoms with E-state index in [1.807, 2.05) is 38.1 Å². The molecule has 0 radical (unpaired) electrons. The molecule has 0 aromatic heterocycles. The van der Waals surface area contributed by atoms with Crippen molar-refractivity contribution in [2.45, 2.75) is 26.5 Å². The summed E-state index contributed by atoms with van der Waals surface area (Å²) in [5, 5.41) is 5.55. The molecular weight excluding hydrogens is 328 g/mol. The van der Waals surface area contributed by atoms with E-state index in [-0.39, 0.29) is 12.6 Å². The Kier molecular flexibility index (Phi) is 6.21. The highest BCUT2D eigenvalue weighted by Crippen LogP contribution is 2.15. The van der Waals surface area contributed by atoms with Gasteiger partial charge in [0.25, 0.3) is 0 Å². The fraction of sp³-hybridized carbons (Fsp3) is 0.222. The van der Waals surface area contributed by atoms with Gasteiger partial charge in [-0.2, -0.15) is 0 Å². The average molecular weight is 347 g/mol. The third-order valence-corrected chi connectivity index (χ3v) is 3.27. The zero-order chi connectivity index (χ0) is 17.5. The minimum absolute atomic E-state index is 0.103.